The number of esters is 1. The summed E-state index contributed by atoms with van der Waals surface area (Å²) in [6, 6.07) is 2.60. The summed E-state index contributed by atoms with van der Waals surface area (Å²) in [5.41, 5.74) is 0.584. The molecule has 0 bridgehead atoms. The second kappa shape index (κ2) is 8.12. The minimum absolute atomic E-state index is 0.243. The van der Waals surface area contributed by atoms with Crippen LogP contribution in [-0.2, 0) is 20.7 Å². The number of aromatic amines is 1. The molecule has 0 fully saturated rings. The van der Waals surface area contributed by atoms with Gasteiger partial charge in [-0.2, -0.15) is 0 Å². The van der Waals surface area contributed by atoms with Gasteiger partial charge in [-0.3, -0.25) is 19.2 Å². The van der Waals surface area contributed by atoms with Crippen molar-refractivity contribution < 1.29 is 19.1 Å². The highest BCUT2D eigenvalue weighted by Crippen LogP contribution is 2.38. The predicted molar refractivity (Wildman–Crippen MR) is 97.8 cm³/mol. The molecule has 0 aromatic carbocycles. The van der Waals surface area contributed by atoms with E-state index in [0.717, 1.165) is 11.3 Å². The van der Waals surface area contributed by atoms with Crippen molar-refractivity contribution in [1.82, 2.24) is 15.3 Å². The average Bonchev–Trinajstić information content (AvgIpc) is 3.20. The summed E-state index contributed by atoms with van der Waals surface area (Å²) in [5.74, 6) is -1.60. The second-order valence-electron chi connectivity index (χ2n) is 5.84. The molecule has 2 aromatic rings. The van der Waals surface area contributed by atoms with Gasteiger partial charge >= 0.3 is 5.97 Å². The van der Waals surface area contributed by atoms with Gasteiger partial charge in [0, 0.05) is 17.1 Å². The van der Waals surface area contributed by atoms with E-state index in [1.807, 2.05) is 0 Å². The Labute approximate surface area is 158 Å². The van der Waals surface area contributed by atoms with E-state index in [1.165, 1.54) is 29.7 Å². The van der Waals surface area contributed by atoms with Gasteiger partial charge in [-0.25, -0.2) is 4.98 Å². The first-order chi connectivity index (χ1) is 13.0. The maximum atomic E-state index is 12.0. The SMILES string of the molecule is CCOC(=O)C1CCc2sc(NC(=O)CNC(=O)c3ccc(=O)[nH]c3)nc21. The number of amides is 2. The van der Waals surface area contributed by atoms with Crippen LogP contribution in [-0.4, -0.2) is 40.9 Å². The lowest BCUT2D eigenvalue weighted by Gasteiger charge is -2.08. The third-order valence-electron chi connectivity index (χ3n) is 3.99. The molecule has 1 atom stereocenters. The first-order valence-corrected chi connectivity index (χ1v) is 9.22. The molecule has 27 heavy (non-hydrogen) atoms. The number of aryl methyl sites for hydroxylation is 1. The Morgan fingerprint density at radius 3 is 2.89 bits per heavy atom. The minimum Gasteiger partial charge on any atom is -0.465 e. The van der Waals surface area contributed by atoms with E-state index in [4.69, 9.17) is 4.74 Å². The van der Waals surface area contributed by atoms with Crippen molar-refractivity contribution in [1.29, 1.82) is 0 Å². The summed E-state index contributed by atoms with van der Waals surface area (Å²) < 4.78 is 5.06. The Hall–Kier alpha value is -3.01. The number of anilines is 1. The third kappa shape index (κ3) is 4.40. The number of pyridine rings is 1. The van der Waals surface area contributed by atoms with Crippen LogP contribution in [0.2, 0.25) is 0 Å². The molecule has 2 amide bonds. The summed E-state index contributed by atoms with van der Waals surface area (Å²) in [7, 11) is 0. The quantitative estimate of drug-likeness (QED) is 0.625. The van der Waals surface area contributed by atoms with Crippen LogP contribution in [0.4, 0.5) is 5.13 Å². The molecule has 10 heteroatoms. The first-order valence-electron chi connectivity index (χ1n) is 8.41. The fourth-order valence-electron chi connectivity index (χ4n) is 2.73. The van der Waals surface area contributed by atoms with Crippen molar-refractivity contribution in [3.05, 3.63) is 44.8 Å². The zero-order chi connectivity index (χ0) is 19.4. The van der Waals surface area contributed by atoms with Gasteiger partial charge < -0.3 is 20.4 Å². The van der Waals surface area contributed by atoms with Gasteiger partial charge in [0.25, 0.3) is 5.91 Å². The van der Waals surface area contributed by atoms with E-state index in [9.17, 15) is 19.2 Å². The molecule has 0 aliphatic heterocycles. The highest BCUT2D eigenvalue weighted by molar-refractivity contribution is 7.16. The van der Waals surface area contributed by atoms with E-state index in [2.05, 4.69) is 20.6 Å². The van der Waals surface area contributed by atoms with Crippen molar-refractivity contribution >= 4 is 34.3 Å². The second-order valence-corrected chi connectivity index (χ2v) is 6.93. The molecule has 3 rings (SSSR count). The summed E-state index contributed by atoms with van der Waals surface area (Å²) in [4.78, 5) is 54.6. The van der Waals surface area contributed by atoms with Gasteiger partial charge in [0.15, 0.2) is 5.13 Å². The number of fused-ring (bicyclic) bond motifs is 1. The summed E-state index contributed by atoms with van der Waals surface area (Å²) >= 11 is 1.32. The predicted octanol–water partition coefficient (Wildman–Crippen LogP) is 0.793. The Bertz CT molecular complexity index is 915. The summed E-state index contributed by atoms with van der Waals surface area (Å²) in [6.07, 6.45) is 2.65. The van der Waals surface area contributed by atoms with Crippen molar-refractivity contribution in [2.45, 2.75) is 25.7 Å². The van der Waals surface area contributed by atoms with E-state index >= 15 is 0 Å². The summed E-state index contributed by atoms with van der Waals surface area (Å²) in [6.45, 7) is 1.82. The van der Waals surface area contributed by atoms with E-state index < -0.39 is 11.8 Å². The van der Waals surface area contributed by atoms with Crippen LogP contribution in [0.5, 0.6) is 0 Å². The van der Waals surface area contributed by atoms with Crippen LogP contribution in [0.15, 0.2) is 23.1 Å². The standard InChI is InChI=1S/C17H18N4O5S/c1-2-26-16(25)10-4-5-11-14(10)21-17(27-11)20-13(23)8-19-15(24)9-3-6-12(22)18-7-9/h3,6-7,10H,2,4-5,8H2,1H3,(H,18,22)(H,19,24)(H,20,21,23). The number of nitrogens with zero attached hydrogens (tertiary/aromatic N) is 1. The Morgan fingerprint density at radius 1 is 1.37 bits per heavy atom. The monoisotopic (exact) mass is 390 g/mol. The molecule has 1 unspecified atom stereocenters. The van der Waals surface area contributed by atoms with Gasteiger partial charge in [-0.15, -0.1) is 11.3 Å². The molecule has 9 nitrogen and oxygen atoms in total. The molecular weight excluding hydrogens is 372 g/mol. The highest BCUT2D eigenvalue weighted by Gasteiger charge is 2.33. The largest absolute Gasteiger partial charge is 0.465 e. The molecule has 3 N–H and O–H groups in total. The smallest absolute Gasteiger partial charge is 0.315 e. The van der Waals surface area contributed by atoms with Gasteiger partial charge in [0.2, 0.25) is 11.5 Å². The molecule has 2 aromatic heterocycles. The third-order valence-corrected chi connectivity index (χ3v) is 5.04. The Morgan fingerprint density at radius 2 is 2.19 bits per heavy atom. The fraction of sp³-hybridized carbons (Fsp3) is 0.353. The molecule has 1 aliphatic carbocycles. The number of carbonyl (C=O) groups is 3. The van der Waals surface area contributed by atoms with Gasteiger partial charge in [-0.05, 0) is 25.8 Å². The summed E-state index contributed by atoms with van der Waals surface area (Å²) in [5, 5.41) is 5.47. The van der Waals surface area contributed by atoms with Crippen molar-refractivity contribution in [3.8, 4) is 0 Å². The van der Waals surface area contributed by atoms with Gasteiger partial charge in [0.05, 0.1) is 24.4 Å². The number of thiazole rings is 1. The number of rotatable bonds is 6. The molecule has 1 aliphatic rings. The van der Waals surface area contributed by atoms with Crippen molar-refractivity contribution in [2.24, 2.45) is 0 Å². The Balaban J connectivity index is 1.55. The molecule has 0 radical (unpaired) electrons. The number of ether oxygens (including phenoxy) is 1. The number of aromatic nitrogens is 2. The van der Waals surface area contributed by atoms with Crippen LogP contribution < -0.4 is 16.2 Å². The fourth-order valence-corrected chi connectivity index (χ4v) is 3.79. The van der Waals surface area contributed by atoms with E-state index in [0.29, 0.717) is 23.9 Å². The number of H-pyrrole nitrogens is 1. The normalized spacial score (nSPS) is 15.1. The maximum absolute atomic E-state index is 12.0. The van der Waals surface area contributed by atoms with Crippen LogP contribution in [0.3, 0.4) is 0 Å². The first kappa shape index (κ1) is 18.8. The van der Waals surface area contributed by atoms with E-state index in [-0.39, 0.29) is 29.6 Å². The molecule has 0 saturated carbocycles. The average molecular weight is 390 g/mol. The lowest BCUT2D eigenvalue weighted by molar-refractivity contribution is -0.145. The van der Waals surface area contributed by atoms with Crippen LogP contribution in [0, 0.1) is 0 Å². The number of nitrogens with one attached hydrogen (secondary N) is 3. The van der Waals surface area contributed by atoms with E-state index in [1.54, 1.807) is 6.92 Å². The van der Waals surface area contributed by atoms with Crippen molar-refractivity contribution in [2.75, 3.05) is 18.5 Å². The molecule has 0 saturated heterocycles. The zero-order valence-corrected chi connectivity index (χ0v) is 15.4. The maximum Gasteiger partial charge on any atom is 0.315 e. The van der Waals surface area contributed by atoms with Gasteiger partial charge in [-0.1, -0.05) is 0 Å². The molecule has 142 valence electrons. The Kier molecular flexibility index (Phi) is 5.65. The minimum atomic E-state index is -0.481. The zero-order valence-electron chi connectivity index (χ0n) is 14.5. The molecular formula is C17H18N4O5S. The lowest BCUT2D eigenvalue weighted by Crippen LogP contribution is -2.33. The molecule has 0 spiro atoms. The van der Waals surface area contributed by atoms with Crippen molar-refractivity contribution in [3.63, 3.8) is 0 Å². The molecule has 2 heterocycles. The van der Waals surface area contributed by atoms with Crippen LogP contribution in [0.25, 0.3) is 0 Å². The highest BCUT2D eigenvalue weighted by atomic mass is 32.1. The number of hydrogen-bond donors (Lipinski definition) is 3. The topological polar surface area (TPSA) is 130 Å². The number of hydrogen-bond acceptors (Lipinski definition) is 7. The van der Waals surface area contributed by atoms with Crippen LogP contribution >= 0.6 is 11.3 Å². The van der Waals surface area contributed by atoms with Gasteiger partial charge in [0.1, 0.15) is 5.92 Å². The lowest BCUT2D eigenvalue weighted by atomic mass is 10.1. The number of carbonyl (C=O) groups excluding carboxylic acids is 3. The van der Waals surface area contributed by atoms with Crippen LogP contribution in [0.1, 0.15) is 40.2 Å².